The van der Waals surface area contributed by atoms with Gasteiger partial charge in [0, 0.05) is 5.56 Å². The number of carbonyl (C=O) groups is 2. The highest BCUT2D eigenvalue weighted by atomic mass is 16.3. The van der Waals surface area contributed by atoms with Crippen molar-refractivity contribution < 1.29 is 14.7 Å². The lowest BCUT2D eigenvalue weighted by Crippen LogP contribution is -2.11. The van der Waals surface area contributed by atoms with Crippen LogP contribution in [0.1, 0.15) is 28.9 Å². The molecule has 0 saturated heterocycles. The van der Waals surface area contributed by atoms with Gasteiger partial charge in [0.25, 0.3) is 0 Å². The van der Waals surface area contributed by atoms with Crippen LogP contribution in [-0.2, 0) is 4.79 Å². The fourth-order valence-corrected chi connectivity index (χ4v) is 1.55. The lowest BCUT2D eigenvalue weighted by molar-refractivity contribution is -0.106. The molecular weight excluding hydrogens is 240 g/mol. The Bertz CT molecular complexity index is 506. The molecule has 3 heteroatoms. The Morgan fingerprint density at radius 1 is 1.00 bits per heavy atom. The van der Waals surface area contributed by atoms with Crippen molar-refractivity contribution in [3.05, 3.63) is 71.8 Å². The van der Waals surface area contributed by atoms with E-state index in [0.717, 1.165) is 6.29 Å². The summed E-state index contributed by atoms with van der Waals surface area (Å²) in [6.07, 6.45) is -0.330. The smallest absolute Gasteiger partial charge is 0.195 e. The van der Waals surface area contributed by atoms with Gasteiger partial charge in [0.1, 0.15) is 12.4 Å². The van der Waals surface area contributed by atoms with Crippen molar-refractivity contribution in [2.45, 2.75) is 13.0 Å². The van der Waals surface area contributed by atoms with Gasteiger partial charge in [-0.25, -0.2) is 0 Å². The topological polar surface area (TPSA) is 54.4 Å². The Balaban J connectivity index is 0.000000550. The zero-order valence-corrected chi connectivity index (χ0v) is 10.7. The number of benzene rings is 2. The summed E-state index contributed by atoms with van der Waals surface area (Å²) >= 11 is 0. The van der Waals surface area contributed by atoms with Crippen molar-refractivity contribution in [2.75, 3.05) is 0 Å². The lowest BCUT2D eigenvalue weighted by Gasteiger charge is -2.09. The Morgan fingerprint density at radius 2 is 1.42 bits per heavy atom. The summed E-state index contributed by atoms with van der Waals surface area (Å²) in [5, 5.41) is 9.89. The second-order valence-corrected chi connectivity index (χ2v) is 3.78. The van der Waals surface area contributed by atoms with E-state index >= 15 is 0 Å². The van der Waals surface area contributed by atoms with E-state index in [-0.39, 0.29) is 5.78 Å². The van der Waals surface area contributed by atoms with Gasteiger partial charge in [0.2, 0.25) is 0 Å². The van der Waals surface area contributed by atoms with Gasteiger partial charge < -0.3 is 9.90 Å². The fourth-order valence-electron chi connectivity index (χ4n) is 1.55. The zero-order valence-electron chi connectivity index (χ0n) is 10.7. The van der Waals surface area contributed by atoms with Gasteiger partial charge in [0.05, 0.1) is 0 Å². The summed E-state index contributed by atoms with van der Waals surface area (Å²) in [6, 6.07) is 17.7. The van der Waals surface area contributed by atoms with Crippen LogP contribution in [0, 0.1) is 0 Å². The molecule has 1 atom stereocenters. The second-order valence-electron chi connectivity index (χ2n) is 3.78. The van der Waals surface area contributed by atoms with E-state index < -0.39 is 6.10 Å². The molecule has 2 aromatic carbocycles. The molecule has 1 unspecified atom stereocenters. The maximum absolute atomic E-state index is 11.9. The SMILES string of the molecule is CC=O.O=C(c1ccccc1)C(O)c1ccccc1. The highest BCUT2D eigenvalue weighted by Crippen LogP contribution is 2.17. The monoisotopic (exact) mass is 256 g/mol. The van der Waals surface area contributed by atoms with Crippen LogP contribution < -0.4 is 0 Å². The quantitative estimate of drug-likeness (QED) is 0.678. The highest BCUT2D eigenvalue weighted by Gasteiger charge is 2.18. The molecule has 1 N–H and O–H groups in total. The molecule has 19 heavy (non-hydrogen) atoms. The minimum Gasteiger partial charge on any atom is -0.380 e. The van der Waals surface area contributed by atoms with Gasteiger partial charge >= 0.3 is 0 Å². The summed E-state index contributed by atoms with van der Waals surface area (Å²) in [5.41, 5.74) is 1.15. The van der Waals surface area contributed by atoms with Gasteiger partial charge in [-0.1, -0.05) is 60.7 Å². The summed E-state index contributed by atoms with van der Waals surface area (Å²) in [6.45, 7) is 1.44. The Hall–Kier alpha value is -2.26. The van der Waals surface area contributed by atoms with Crippen LogP contribution in [0.3, 0.4) is 0 Å². The largest absolute Gasteiger partial charge is 0.380 e. The molecular formula is C16H16O3. The van der Waals surface area contributed by atoms with Crippen molar-refractivity contribution in [1.29, 1.82) is 0 Å². The van der Waals surface area contributed by atoms with Gasteiger partial charge in [-0.05, 0) is 12.5 Å². The zero-order chi connectivity index (χ0) is 14.1. The number of hydrogen-bond acceptors (Lipinski definition) is 3. The summed E-state index contributed by atoms with van der Waals surface area (Å²) in [4.78, 5) is 20.7. The van der Waals surface area contributed by atoms with Crippen LogP contribution in [0.25, 0.3) is 0 Å². The lowest BCUT2D eigenvalue weighted by atomic mass is 10.0. The average Bonchev–Trinajstić information content (AvgIpc) is 2.48. The average molecular weight is 256 g/mol. The molecule has 0 spiro atoms. The molecule has 0 heterocycles. The first-order valence-electron chi connectivity index (χ1n) is 5.92. The predicted octanol–water partition coefficient (Wildman–Crippen LogP) is 2.81. The third-order valence-electron chi connectivity index (χ3n) is 2.42. The van der Waals surface area contributed by atoms with Crippen molar-refractivity contribution in [2.24, 2.45) is 0 Å². The van der Waals surface area contributed by atoms with Crippen molar-refractivity contribution in [3.8, 4) is 0 Å². The number of hydrogen-bond donors (Lipinski definition) is 1. The van der Waals surface area contributed by atoms with E-state index in [1.807, 2.05) is 12.1 Å². The maximum Gasteiger partial charge on any atom is 0.195 e. The first-order chi connectivity index (χ1) is 9.20. The summed E-state index contributed by atoms with van der Waals surface area (Å²) in [7, 11) is 0. The van der Waals surface area contributed by atoms with Crippen molar-refractivity contribution in [3.63, 3.8) is 0 Å². The van der Waals surface area contributed by atoms with E-state index in [9.17, 15) is 9.90 Å². The molecule has 98 valence electrons. The number of aliphatic hydroxyl groups excluding tert-OH is 1. The summed E-state index contributed by atoms with van der Waals surface area (Å²) < 4.78 is 0. The van der Waals surface area contributed by atoms with Crippen LogP contribution in [0.2, 0.25) is 0 Å². The summed E-state index contributed by atoms with van der Waals surface area (Å²) in [5.74, 6) is -0.271. The molecule has 0 saturated carbocycles. The van der Waals surface area contributed by atoms with Crippen LogP contribution >= 0.6 is 0 Å². The minimum atomic E-state index is -1.08. The van der Waals surface area contributed by atoms with Gasteiger partial charge in [0.15, 0.2) is 5.78 Å². The third kappa shape index (κ3) is 4.48. The van der Waals surface area contributed by atoms with Crippen LogP contribution in [0.15, 0.2) is 60.7 Å². The van der Waals surface area contributed by atoms with E-state index in [1.54, 1.807) is 48.5 Å². The van der Waals surface area contributed by atoms with Crippen LogP contribution in [0.4, 0.5) is 0 Å². The molecule has 0 aliphatic heterocycles. The molecule has 0 bridgehead atoms. The molecule has 3 nitrogen and oxygen atoms in total. The predicted molar refractivity (Wildman–Crippen MR) is 73.9 cm³/mol. The van der Waals surface area contributed by atoms with Gasteiger partial charge in [-0.3, -0.25) is 4.79 Å². The Kier molecular flexibility index (Phi) is 6.19. The molecule has 0 aliphatic carbocycles. The second kappa shape index (κ2) is 7.95. The number of carbonyl (C=O) groups excluding carboxylic acids is 2. The van der Waals surface area contributed by atoms with Gasteiger partial charge in [-0.15, -0.1) is 0 Å². The van der Waals surface area contributed by atoms with E-state index in [1.165, 1.54) is 6.92 Å². The molecule has 0 radical (unpaired) electrons. The number of aliphatic hydroxyl groups is 1. The molecule has 0 amide bonds. The Labute approximate surface area is 112 Å². The molecule has 0 fully saturated rings. The molecule has 2 rings (SSSR count). The van der Waals surface area contributed by atoms with Crippen molar-refractivity contribution in [1.82, 2.24) is 0 Å². The molecule has 0 aromatic heterocycles. The number of rotatable bonds is 3. The number of ketones is 1. The van der Waals surface area contributed by atoms with E-state index in [2.05, 4.69) is 0 Å². The van der Waals surface area contributed by atoms with Gasteiger partial charge in [-0.2, -0.15) is 0 Å². The fraction of sp³-hybridized carbons (Fsp3) is 0.125. The first kappa shape index (κ1) is 14.8. The van der Waals surface area contributed by atoms with Crippen molar-refractivity contribution >= 4 is 12.1 Å². The van der Waals surface area contributed by atoms with Crippen LogP contribution in [0.5, 0.6) is 0 Å². The number of Topliss-reactive ketones (excluding diaryl/α,β-unsaturated/α-hetero) is 1. The normalized spacial score (nSPS) is 10.8. The van der Waals surface area contributed by atoms with Crippen LogP contribution in [-0.4, -0.2) is 17.2 Å². The standard InChI is InChI=1S/C14H12O2.C2H4O/c15-13(11-7-3-1-4-8-11)14(16)12-9-5-2-6-10-12;1-2-3/h1-10,13,15H;2H,1H3. The number of aldehydes is 1. The highest BCUT2D eigenvalue weighted by molar-refractivity contribution is 5.99. The molecule has 0 aliphatic rings. The van der Waals surface area contributed by atoms with E-state index in [4.69, 9.17) is 4.79 Å². The van der Waals surface area contributed by atoms with E-state index in [0.29, 0.717) is 11.1 Å². The minimum absolute atomic E-state index is 0.271. The first-order valence-corrected chi connectivity index (χ1v) is 5.92. The molecule has 2 aromatic rings. The Morgan fingerprint density at radius 3 is 1.89 bits per heavy atom. The maximum atomic E-state index is 11.9. The third-order valence-corrected chi connectivity index (χ3v) is 2.42.